The van der Waals surface area contributed by atoms with E-state index in [1.807, 2.05) is 0 Å². The van der Waals surface area contributed by atoms with Crippen molar-refractivity contribution in [2.45, 2.75) is 38.0 Å². The van der Waals surface area contributed by atoms with Crippen LogP contribution >= 0.6 is 0 Å². The monoisotopic (exact) mass is 308 g/mol. The van der Waals surface area contributed by atoms with Crippen molar-refractivity contribution in [3.8, 4) is 0 Å². The van der Waals surface area contributed by atoms with Crippen LogP contribution in [0, 0.1) is 0 Å². The van der Waals surface area contributed by atoms with Crippen LogP contribution in [-0.2, 0) is 16.1 Å². The maximum atomic E-state index is 12.2. The zero-order valence-corrected chi connectivity index (χ0v) is 12.3. The van der Waals surface area contributed by atoms with Crippen molar-refractivity contribution in [3.05, 3.63) is 24.2 Å². The third-order valence-corrected chi connectivity index (χ3v) is 4.06. The number of amides is 3. The Morgan fingerprint density at radius 3 is 3.00 bits per heavy atom. The summed E-state index contributed by atoms with van der Waals surface area (Å²) in [4.78, 5) is 27.2. The number of hydrogen-bond donors (Lipinski definition) is 1. The Kier molecular flexibility index (Phi) is 4.44. The summed E-state index contributed by atoms with van der Waals surface area (Å²) in [6.45, 7) is 0.892. The summed E-state index contributed by atoms with van der Waals surface area (Å²) in [7, 11) is 0. The van der Waals surface area contributed by atoms with E-state index >= 15 is 0 Å². The van der Waals surface area contributed by atoms with Crippen molar-refractivity contribution in [3.63, 3.8) is 0 Å². The summed E-state index contributed by atoms with van der Waals surface area (Å²) < 4.78 is 10.4. The third-order valence-electron chi connectivity index (χ3n) is 4.06. The molecule has 0 radical (unpaired) electrons. The van der Waals surface area contributed by atoms with Crippen LogP contribution in [0.1, 0.15) is 25.0 Å². The first-order valence-electron chi connectivity index (χ1n) is 7.57. The fraction of sp³-hybridized carbons (Fsp3) is 0.600. The second kappa shape index (κ2) is 6.50. The average Bonchev–Trinajstić information content (AvgIpc) is 3.11. The number of aliphatic hydroxyl groups excluding tert-OH is 1. The average molecular weight is 308 g/mol. The molecular formula is C15H20N2O5. The molecule has 3 heterocycles. The fourth-order valence-electron chi connectivity index (χ4n) is 2.97. The number of furan rings is 1. The summed E-state index contributed by atoms with van der Waals surface area (Å²) in [6.07, 6.45) is 3.25. The van der Waals surface area contributed by atoms with Crippen LogP contribution in [0.3, 0.4) is 0 Å². The van der Waals surface area contributed by atoms with Crippen molar-refractivity contribution >= 4 is 11.9 Å². The molecule has 1 aromatic heterocycles. The molecule has 3 amide bonds. The predicted octanol–water partition coefficient (Wildman–Crippen LogP) is 0.974. The molecular weight excluding hydrogens is 288 g/mol. The Morgan fingerprint density at radius 1 is 1.41 bits per heavy atom. The number of nitrogens with zero attached hydrogens (tertiary/aromatic N) is 2. The van der Waals surface area contributed by atoms with E-state index in [2.05, 4.69) is 0 Å². The number of piperidine rings is 1. The highest BCUT2D eigenvalue weighted by Crippen LogP contribution is 2.26. The number of hydrogen-bond acceptors (Lipinski definition) is 5. The van der Waals surface area contributed by atoms with Crippen molar-refractivity contribution < 1.29 is 23.8 Å². The number of urea groups is 1. The van der Waals surface area contributed by atoms with Gasteiger partial charge in [0.05, 0.1) is 25.5 Å². The molecule has 0 aliphatic carbocycles. The number of fused-ring (bicyclic) bond motifs is 1. The van der Waals surface area contributed by atoms with Gasteiger partial charge in [0.2, 0.25) is 0 Å². The first-order chi connectivity index (χ1) is 10.7. The molecule has 0 aromatic carbocycles. The lowest BCUT2D eigenvalue weighted by Crippen LogP contribution is -2.40. The molecule has 3 rings (SSSR count). The second-order valence-corrected chi connectivity index (χ2v) is 5.68. The first-order valence-corrected chi connectivity index (χ1v) is 7.57. The molecule has 7 nitrogen and oxygen atoms in total. The van der Waals surface area contributed by atoms with Crippen molar-refractivity contribution in [1.82, 2.24) is 9.80 Å². The van der Waals surface area contributed by atoms with Gasteiger partial charge < -0.3 is 19.2 Å². The molecule has 2 fully saturated rings. The van der Waals surface area contributed by atoms with Crippen LogP contribution in [0.4, 0.5) is 4.79 Å². The highest BCUT2D eigenvalue weighted by Gasteiger charge is 2.46. The summed E-state index contributed by atoms with van der Waals surface area (Å²) in [5.41, 5.74) is 0. The molecule has 2 unspecified atom stereocenters. The minimum atomic E-state index is -0.899. The predicted molar refractivity (Wildman–Crippen MR) is 75.8 cm³/mol. The summed E-state index contributed by atoms with van der Waals surface area (Å²) >= 11 is 0. The van der Waals surface area contributed by atoms with E-state index in [1.165, 1.54) is 0 Å². The number of carbonyl (C=O) groups is 2. The van der Waals surface area contributed by atoms with Crippen LogP contribution < -0.4 is 0 Å². The van der Waals surface area contributed by atoms with Gasteiger partial charge in [-0.1, -0.05) is 0 Å². The highest BCUT2D eigenvalue weighted by atomic mass is 16.5. The van der Waals surface area contributed by atoms with E-state index in [4.69, 9.17) is 9.15 Å². The molecule has 2 aliphatic heterocycles. The third kappa shape index (κ3) is 3.00. The fourth-order valence-corrected chi connectivity index (χ4v) is 2.97. The smallest absolute Gasteiger partial charge is 0.327 e. The van der Waals surface area contributed by atoms with Gasteiger partial charge in [0.15, 0.2) is 0 Å². The normalized spacial score (nSPS) is 23.0. The minimum absolute atomic E-state index is 0.0250. The molecule has 2 saturated heterocycles. The van der Waals surface area contributed by atoms with E-state index in [0.717, 1.165) is 17.7 Å². The van der Waals surface area contributed by atoms with Gasteiger partial charge in [-0.05, 0) is 31.4 Å². The van der Waals surface area contributed by atoms with Gasteiger partial charge in [0.1, 0.15) is 18.4 Å². The van der Waals surface area contributed by atoms with E-state index in [1.54, 1.807) is 23.3 Å². The van der Waals surface area contributed by atoms with Gasteiger partial charge in [0.25, 0.3) is 5.91 Å². The van der Waals surface area contributed by atoms with Crippen molar-refractivity contribution in [1.29, 1.82) is 0 Å². The quantitative estimate of drug-likeness (QED) is 0.792. The van der Waals surface area contributed by atoms with Crippen LogP contribution in [-0.4, -0.2) is 58.7 Å². The summed E-state index contributed by atoms with van der Waals surface area (Å²) in [6, 6.07) is 2.90. The molecule has 2 aliphatic rings. The molecule has 0 bridgehead atoms. The van der Waals surface area contributed by atoms with E-state index in [0.29, 0.717) is 18.7 Å². The largest absolute Gasteiger partial charge is 0.467 e. The number of aliphatic hydroxyl groups is 1. The Morgan fingerprint density at radius 2 is 2.27 bits per heavy atom. The molecule has 1 N–H and O–H groups in total. The molecule has 0 spiro atoms. The molecule has 7 heteroatoms. The van der Waals surface area contributed by atoms with Crippen LogP contribution in [0.2, 0.25) is 0 Å². The molecule has 120 valence electrons. The first kappa shape index (κ1) is 15.1. The molecule has 0 saturated carbocycles. The molecule has 22 heavy (non-hydrogen) atoms. The van der Waals surface area contributed by atoms with Gasteiger partial charge in [-0.3, -0.25) is 9.69 Å². The van der Waals surface area contributed by atoms with Gasteiger partial charge in [-0.15, -0.1) is 0 Å². The Labute approximate surface area is 128 Å². The van der Waals surface area contributed by atoms with E-state index < -0.39 is 6.10 Å². The number of ether oxygens (including phenoxy) is 1. The standard InChI is InChI=1S/C15H20N2O5/c18-11(9-21-10-12-4-3-7-22-12)8-17-14(19)13-5-1-2-6-16(13)15(17)20/h3-4,7,11,13,18H,1-2,5-6,8-10H2. The zero-order chi connectivity index (χ0) is 15.5. The van der Waals surface area contributed by atoms with E-state index in [-0.39, 0.29) is 37.7 Å². The van der Waals surface area contributed by atoms with Gasteiger partial charge >= 0.3 is 6.03 Å². The van der Waals surface area contributed by atoms with Gasteiger partial charge in [-0.25, -0.2) is 4.79 Å². The van der Waals surface area contributed by atoms with Crippen molar-refractivity contribution in [2.24, 2.45) is 0 Å². The lowest BCUT2D eigenvalue weighted by Gasteiger charge is -2.26. The Bertz CT molecular complexity index is 506. The number of rotatable bonds is 6. The van der Waals surface area contributed by atoms with Crippen molar-refractivity contribution in [2.75, 3.05) is 19.7 Å². The SMILES string of the molecule is O=C1C2CCCCN2C(=O)N1CC(O)COCc1ccco1. The number of carbonyl (C=O) groups excluding carboxylic acids is 2. The van der Waals surface area contributed by atoms with E-state index in [9.17, 15) is 14.7 Å². The Hall–Kier alpha value is -1.86. The lowest BCUT2D eigenvalue weighted by molar-refractivity contribution is -0.130. The molecule has 2 atom stereocenters. The maximum Gasteiger partial charge on any atom is 0.327 e. The van der Waals surface area contributed by atoms with Gasteiger partial charge in [0, 0.05) is 6.54 Å². The Balaban J connectivity index is 1.49. The molecule has 1 aromatic rings. The highest BCUT2D eigenvalue weighted by molar-refractivity contribution is 6.04. The maximum absolute atomic E-state index is 12.2. The zero-order valence-electron chi connectivity index (χ0n) is 12.3. The minimum Gasteiger partial charge on any atom is -0.467 e. The second-order valence-electron chi connectivity index (χ2n) is 5.68. The summed E-state index contributed by atoms with van der Waals surface area (Å²) in [5.74, 6) is 0.465. The summed E-state index contributed by atoms with van der Waals surface area (Å²) in [5, 5.41) is 9.99. The van der Waals surface area contributed by atoms with Crippen LogP contribution in [0.25, 0.3) is 0 Å². The van der Waals surface area contributed by atoms with Crippen LogP contribution in [0.15, 0.2) is 22.8 Å². The number of imide groups is 1. The van der Waals surface area contributed by atoms with Gasteiger partial charge in [-0.2, -0.15) is 0 Å². The lowest BCUT2D eigenvalue weighted by atomic mass is 10.0. The topological polar surface area (TPSA) is 83.2 Å². The number of β-amino-alcohol motifs (C(OH)–C–C–N with tert-alkyl or cyclic N) is 1. The van der Waals surface area contributed by atoms with Crippen LogP contribution in [0.5, 0.6) is 0 Å².